The summed E-state index contributed by atoms with van der Waals surface area (Å²) in [6.07, 6.45) is 3.18. The van der Waals surface area contributed by atoms with Gasteiger partial charge in [0, 0.05) is 33.0 Å². The van der Waals surface area contributed by atoms with E-state index in [1.807, 2.05) is 18.2 Å². The molecule has 7 heteroatoms. The SMILES string of the molecule is O=C1NC(=O)c2ccc(I)cc2/C1=C/NCc1cc(O)ccc1-c1ccco1. The van der Waals surface area contributed by atoms with Crippen LogP contribution < -0.4 is 10.6 Å². The molecule has 0 saturated heterocycles. The molecular weight excluding hydrogens is 471 g/mol. The maximum atomic E-state index is 12.3. The Bertz CT molecular complexity index is 1100. The number of furan rings is 1. The predicted octanol–water partition coefficient (Wildman–Crippen LogP) is 3.66. The molecule has 4 rings (SSSR count). The van der Waals surface area contributed by atoms with Crippen LogP contribution in [0.25, 0.3) is 16.9 Å². The van der Waals surface area contributed by atoms with Crippen LogP contribution in [-0.2, 0) is 11.3 Å². The topological polar surface area (TPSA) is 91.6 Å². The van der Waals surface area contributed by atoms with E-state index < -0.39 is 11.8 Å². The molecule has 2 heterocycles. The molecule has 1 aromatic heterocycles. The van der Waals surface area contributed by atoms with Gasteiger partial charge in [-0.05, 0) is 76.7 Å². The molecule has 6 nitrogen and oxygen atoms in total. The third kappa shape index (κ3) is 3.53. The smallest absolute Gasteiger partial charge is 0.260 e. The Balaban J connectivity index is 1.64. The first-order valence-electron chi connectivity index (χ1n) is 8.48. The third-order valence-electron chi connectivity index (χ3n) is 4.40. The number of amides is 2. The predicted molar refractivity (Wildman–Crippen MR) is 112 cm³/mol. The van der Waals surface area contributed by atoms with Gasteiger partial charge in [-0.2, -0.15) is 0 Å². The first kappa shape index (κ1) is 18.3. The Morgan fingerprint density at radius 3 is 2.64 bits per heavy atom. The number of hydrogen-bond acceptors (Lipinski definition) is 5. The number of aromatic hydroxyl groups is 1. The number of hydrogen-bond donors (Lipinski definition) is 3. The molecule has 1 aliphatic heterocycles. The Hall–Kier alpha value is -3.07. The second kappa shape index (κ2) is 7.51. The lowest BCUT2D eigenvalue weighted by molar-refractivity contribution is -0.114. The summed E-state index contributed by atoms with van der Waals surface area (Å²) >= 11 is 2.14. The van der Waals surface area contributed by atoms with Crippen LogP contribution in [0.2, 0.25) is 0 Å². The number of phenolic OH excluding ortho intramolecular Hbond substituents is 1. The van der Waals surface area contributed by atoms with E-state index in [4.69, 9.17) is 4.42 Å². The lowest BCUT2D eigenvalue weighted by Crippen LogP contribution is -2.37. The van der Waals surface area contributed by atoms with E-state index in [0.29, 0.717) is 29.0 Å². The van der Waals surface area contributed by atoms with Gasteiger partial charge in [-0.25, -0.2) is 0 Å². The van der Waals surface area contributed by atoms with Crippen molar-refractivity contribution in [3.05, 3.63) is 81.3 Å². The van der Waals surface area contributed by atoms with Gasteiger partial charge in [-0.15, -0.1) is 0 Å². The highest BCUT2D eigenvalue weighted by atomic mass is 127. The van der Waals surface area contributed by atoms with E-state index >= 15 is 0 Å². The largest absolute Gasteiger partial charge is 0.508 e. The molecule has 2 amide bonds. The number of imide groups is 1. The Morgan fingerprint density at radius 2 is 1.86 bits per heavy atom. The zero-order valence-electron chi connectivity index (χ0n) is 14.5. The van der Waals surface area contributed by atoms with Crippen LogP contribution in [0.4, 0.5) is 0 Å². The quantitative estimate of drug-likeness (QED) is 0.298. The van der Waals surface area contributed by atoms with Gasteiger partial charge in [0.05, 0.1) is 11.8 Å². The fraction of sp³-hybridized carbons (Fsp3) is 0.0476. The second-order valence-electron chi connectivity index (χ2n) is 6.23. The highest BCUT2D eigenvalue weighted by Crippen LogP contribution is 2.28. The minimum atomic E-state index is -0.450. The molecule has 0 saturated carbocycles. The van der Waals surface area contributed by atoms with Crippen LogP contribution in [0.1, 0.15) is 21.5 Å². The molecule has 0 aliphatic carbocycles. The number of benzene rings is 2. The zero-order chi connectivity index (χ0) is 19.7. The molecule has 0 spiro atoms. The van der Waals surface area contributed by atoms with Crippen molar-refractivity contribution in [2.24, 2.45) is 0 Å². The van der Waals surface area contributed by atoms with Crippen molar-refractivity contribution in [3.63, 3.8) is 0 Å². The van der Waals surface area contributed by atoms with E-state index in [2.05, 4.69) is 33.2 Å². The van der Waals surface area contributed by atoms with Gasteiger partial charge in [-0.1, -0.05) is 0 Å². The lowest BCUT2D eigenvalue weighted by atomic mass is 9.95. The average Bonchev–Trinajstić information content (AvgIpc) is 3.18. The molecule has 0 fully saturated rings. The highest BCUT2D eigenvalue weighted by molar-refractivity contribution is 14.1. The van der Waals surface area contributed by atoms with E-state index in [-0.39, 0.29) is 5.75 Å². The molecule has 0 radical (unpaired) electrons. The fourth-order valence-electron chi connectivity index (χ4n) is 3.10. The molecule has 28 heavy (non-hydrogen) atoms. The third-order valence-corrected chi connectivity index (χ3v) is 5.07. The van der Waals surface area contributed by atoms with Crippen molar-refractivity contribution in [3.8, 4) is 17.1 Å². The van der Waals surface area contributed by atoms with Crippen LogP contribution >= 0.6 is 22.6 Å². The average molecular weight is 486 g/mol. The first-order valence-corrected chi connectivity index (χ1v) is 9.56. The summed E-state index contributed by atoms with van der Waals surface area (Å²) in [6.45, 7) is 0.356. The van der Waals surface area contributed by atoms with Crippen LogP contribution in [0.15, 0.2) is 65.4 Å². The molecule has 3 aromatic rings. The summed E-state index contributed by atoms with van der Waals surface area (Å²) in [5.74, 6) is -0.0261. The maximum absolute atomic E-state index is 12.3. The van der Waals surface area contributed by atoms with Gasteiger partial charge in [0.25, 0.3) is 11.8 Å². The van der Waals surface area contributed by atoms with E-state index in [1.54, 1.807) is 42.8 Å². The number of rotatable bonds is 4. The number of carbonyl (C=O) groups is 2. The van der Waals surface area contributed by atoms with E-state index in [0.717, 1.165) is 14.7 Å². The summed E-state index contributed by atoms with van der Waals surface area (Å²) in [4.78, 5) is 24.4. The van der Waals surface area contributed by atoms with Crippen molar-refractivity contribution in [2.75, 3.05) is 0 Å². The van der Waals surface area contributed by atoms with Gasteiger partial charge < -0.3 is 14.8 Å². The standard InChI is InChI=1S/C21H15IN2O4/c22-13-3-5-16-17(9-13)18(21(27)24-20(16)26)11-23-10-12-8-14(25)4-6-15(12)19-2-1-7-28-19/h1-9,11,23,25H,10H2,(H,24,26,27)/b18-11-. The number of nitrogens with one attached hydrogen (secondary N) is 2. The van der Waals surface area contributed by atoms with Crippen LogP contribution in [0.3, 0.4) is 0 Å². The number of fused-ring (bicyclic) bond motifs is 1. The first-order chi connectivity index (χ1) is 13.5. The molecule has 0 bridgehead atoms. The van der Waals surface area contributed by atoms with Crippen molar-refractivity contribution in [2.45, 2.75) is 6.54 Å². The van der Waals surface area contributed by atoms with Gasteiger partial charge in [0.15, 0.2) is 0 Å². The van der Waals surface area contributed by atoms with Crippen LogP contribution in [-0.4, -0.2) is 16.9 Å². The highest BCUT2D eigenvalue weighted by Gasteiger charge is 2.27. The molecule has 140 valence electrons. The van der Waals surface area contributed by atoms with E-state index in [1.165, 1.54) is 0 Å². The molecule has 0 unspecified atom stereocenters. The Labute approximate surface area is 174 Å². The summed E-state index contributed by atoms with van der Waals surface area (Å²) in [6, 6.07) is 14.0. The van der Waals surface area contributed by atoms with E-state index in [9.17, 15) is 14.7 Å². The van der Waals surface area contributed by atoms with Crippen molar-refractivity contribution in [1.29, 1.82) is 0 Å². The fourth-order valence-corrected chi connectivity index (χ4v) is 3.59. The summed E-state index contributed by atoms with van der Waals surface area (Å²) in [7, 11) is 0. The van der Waals surface area contributed by atoms with Gasteiger partial charge in [0.2, 0.25) is 0 Å². The zero-order valence-corrected chi connectivity index (χ0v) is 16.7. The molecule has 1 aliphatic rings. The van der Waals surface area contributed by atoms with Gasteiger partial charge >= 0.3 is 0 Å². The molecule has 2 aromatic carbocycles. The van der Waals surface area contributed by atoms with Crippen molar-refractivity contribution in [1.82, 2.24) is 10.6 Å². The molecule has 0 atom stereocenters. The van der Waals surface area contributed by atoms with Crippen molar-refractivity contribution >= 4 is 40.0 Å². The van der Waals surface area contributed by atoms with Crippen LogP contribution in [0, 0.1) is 3.57 Å². The van der Waals surface area contributed by atoms with Gasteiger partial charge in [-0.3, -0.25) is 14.9 Å². The monoisotopic (exact) mass is 486 g/mol. The maximum Gasteiger partial charge on any atom is 0.260 e. The number of phenols is 1. The Morgan fingerprint density at radius 1 is 1.04 bits per heavy atom. The molecule has 3 N–H and O–H groups in total. The summed E-state index contributed by atoms with van der Waals surface area (Å²) < 4.78 is 6.39. The van der Waals surface area contributed by atoms with Crippen molar-refractivity contribution < 1.29 is 19.1 Å². The minimum absolute atomic E-state index is 0.140. The summed E-state index contributed by atoms with van der Waals surface area (Å²) in [5, 5.41) is 15.3. The Kier molecular flexibility index (Phi) is 4.91. The normalized spacial score (nSPS) is 14.7. The molecular formula is C21H15IN2O4. The summed E-state index contributed by atoms with van der Waals surface area (Å²) in [5.41, 5.74) is 3.08. The number of halogens is 1. The second-order valence-corrected chi connectivity index (χ2v) is 7.48. The number of carbonyl (C=O) groups excluding carboxylic acids is 2. The van der Waals surface area contributed by atoms with Crippen LogP contribution in [0.5, 0.6) is 5.75 Å². The minimum Gasteiger partial charge on any atom is -0.508 e. The van der Waals surface area contributed by atoms with Gasteiger partial charge in [0.1, 0.15) is 11.5 Å². The lowest BCUT2D eigenvalue weighted by Gasteiger charge is -2.19.